The van der Waals surface area contributed by atoms with E-state index in [1.54, 1.807) is 5.57 Å². The van der Waals surface area contributed by atoms with Crippen molar-refractivity contribution in [3.05, 3.63) is 36.0 Å². The number of allylic oxidation sites excluding steroid dienone is 5. The first-order valence-electron chi connectivity index (χ1n) is 5.71. The molecule has 0 radical (unpaired) electrons. The zero-order valence-corrected chi connectivity index (χ0v) is 9.55. The van der Waals surface area contributed by atoms with Gasteiger partial charge >= 0.3 is 0 Å². The Morgan fingerprint density at radius 2 is 2.21 bits per heavy atom. The van der Waals surface area contributed by atoms with Gasteiger partial charge in [0.15, 0.2) is 0 Å². The van der Waals surface area contributed by atoms with Crippen LogP contribution >= 0.6 is 0 Å². The van der Waals surface area contributed by atoms with Crippen molar-refractivity contribution >= 4 is 0 Å². The van der Waals surface area contributed by atoms with Gasteiger partial charge in [-0.1, -0.05) is 36.3 Å². The summed E-state index contributed by atoms with van der Waals surface area (Å²) >= 11 is 0. The largest absolute Gasteiger partial charge is 0.103 e. The van der Waals surface area contributed by atoms with Gasteiger partial charge in [-0.25, -0.2) is 0 Å². The molecule has 0 aliphatic heterocycles. The molecule has 0 aromatic heterocycles. The van der Waals surface area contributed by atoms with Crippen molar-refractivity contribution < 1.29 is 0 Å². The molecule has 1 aliphatic carbocycles. The summed E-state index contributed by atoms with van der Waals surface area (Å²) in [5.41, 5.74) is 3.16. The second-order valence-corrected chi connectivity index (χ2v) is 4.38. The van der Waals surface area contributed by atoms with Gasteiger partial charge in [-0.15, -0.1) is 6.58 Å². The molecule has 78 valence electrons. The molecule has 0 bridgehead atoms. The van der Waals surface area contributed by atoms with E-state index in [-0.39, 0.29) is 0 Å². The molecular formula is C14H22. The van der Waals surface area contributed by atoms with E-state index in [4.69, 9.17) is 0 Å². The van der Waals surface area contributed by atoms with Crippen LogP contribution in [0.5, 0.6) is 0 Å². The second-order valence-electron chi connectivity index (χ2n) is 4.38. The standard InChI is InChI=1S/C14H22/c1-4-5-6-7-13(3)14-10-8-12(2)9-11-14/h4,8,10,13H,1,5-7,9,11H2,2-3H3/t13-/m0/s1. The minimum absolute atomic E-state index is 0.763. The minimum Gasteiger partial charge on any atom is -0.103 e. The van der Waals surface area contributed by atoms with E-state index in [1.807, 2.05) is 6.08 Å². The Labute approximate surface area is 88.4 Å². The number of hydrogen-bond donors (Lipinski definition) is 0. The summed E-state index contributed by atoms with van der Waals surface area (Å²) in [4.78, 5) is 0. The number of hydrogen-bond acceptors (Lipinski definition) is 0. The van der Waals surface area contributed by atoms with E-state index in [0.717, 1.165) is 12.3 Å². The monoisotopic (exact) mass is 190 g/mol. The van der Waals surface area contributed by atoms with Crippen molar-refractivity contribution in [3.63, 3.8) is 0 Å². The van der Waals surface area contributed by atoms with Gasteiger partial charge in [0.05, 0.1) is 0 Å². The molecule has 0 amide bonds. The molecule has 0 aromatic carbocycles. The zero-order chi connectivity index (χ0) is 10.4. The zero-order valence-electron chi connectivity index (χ0n) is 9.55. The maximum atomic E-state index is 3.76. The second kappa shape index (κ2) is 5.85. The Kier molecular flexibility index (Phi) is 4.72. The van der Waals surface area contributed by atoms with Gasteiger partial charge < -0.3 is 0 Å². The lowest BCUT2D eigenvalue weighted by Crippen LogP contribution is -2.02. The number of unbranched alkanes of at least 4 members (excludes halogenated alkanes) is 1. The first-order valence-corrected chi connectivity index (χ1v) is 5.71. The lowest BCUT2D eigenvalue weighted by molar-refractivity contribution is 0.560. The van der Waals surface area contributed by atoms with E-state index >= 15 is 0 Å². The maximum absolute atomic E-state index is 3.76. The molecular weight excluding hydrogens is 168 g/mol. The third kappa shape index (κ3) is 3.53. The predicted molar refractivity (Wildman–Crippen MR) is 64.3 cm³/mol. The van der Waals surface area contributed by atoms with E-state index in [0.29, 0.717) is 0 Å². The molecule has 0 saturated carbocycles. The lowest BCUT2D eigenvalue weighted by atomic mass is 9.88. The van der Waals surface area contributed by atoms with Crippen LogP contribution in [0.2, 0.25) is 0 Å². The number of rotatable bonds is 5. The smallest absolute Gasteiger partial charge is 0.0228 e. The minimum atomic E-state index is 0.763. The highest BCUT2D eigenvalue weighted by atomic mass is 14.2. The van der Waals surface area contributed by atoms with E-state index in [2.05, 4.69) is 32.6 Å². The van der Waals surface area contributed by atoms with Crippen LogP contribution in [0.15, 0.2) is 36.0 Å². The van der Waals surface area contributed by atoms with Crippen LogP contribution in [0.3, 0.4) is 0 Å². The van der Waals surface area contributed by atoms with Gasteiger partial charge in [0.25, 0.3) is 0 Å². The summed E-state index contributed by atoms with van der Waals surface area (Å²) in [6, 6.07) is 0. The Hall–Kier alpha value is -0.780. The van der Waals surface area contributed by atoms with Gasteiger partial charge in [0.1, 0.15) is 0 Å². The third-order valence-electron chi connectivity index (χ3n) is 3.07. The Bertz CT molecular complexity index is 243. The van der Waals surface area contributed by atoms with E-state index < -0.39 is 0 Å². The quantitative estimate of drug-likeness (QED) is 0.437. The van der Waals surface area contributed by atoms with Crippen LogP contribution in [0, 0.1) is 5.92 Å². The SMILES string of the molecule is C=CCCC[C@H](C)C1=CC=C(C)CC1. The summed E-state index contributed by atoms with van der Waals surface area (Å²) in [5, 5.41) is 0. The van der Waals surface area contributed by atoms with Crippen LogP contribution in [0.4, 0.5) is 0 Å². The molecule has 0 heteroatoms. The average molecular weight is 190 g/mol. The van der Waals surface area contributed by atoms with Gasteiger partial charge in [0.2, 0.25) is 0 Å². The summed E-state index contributed by atoms with van der Waals surface area (Å²) in [6.45, 7) is 8.32. The van der Waals surface area contributed by atoms with Crippen molar-refractivity contribution in [1.82, 2.24) is 0 Å². The first-order chi connectivity index (χ1) is 6.74. The molecule has 0 heterocycles. The molecule has 14 heavy (non-hydrogen) atoms. The summed E-state index contributed by atoms with van der Waals surface area (Å²) in [7, 11) is 0. The molecule has 0 N–H and O–H groups in total. The summed E-state index contributed by atoms with van der Waals surface area (Å²) in [5.74, 6) is 0.763. The fraction of sp³-hybridized carbons (Fsp3) is 0.571. The van der Waals surface area contributed by atoms with Gasteiger partial charge in [-0.3, -0.25) is 0 Å². The van der Waals surface area contributed by atoms with Crippen molar-refractivity contribution in [2.24, 2.45) is 5.92 Å². The Morgan fingerprint density at radius 1 is 1.43 bits per heavy atom. The lowest BCUT2D eigenvalue weighted by Gasteiger charge is -2.18. The predicted octanol–water partition coefficient (Wildman–Crippen LogP) is 4.65. The maximum Gasteiger partial charge on any atom is -0.0228 e. The van der Waals surface area contributed by atoms with Crippen molar-refractivity contribution in [2.75, 3.05) is 0 Å². The van der Waals surface area contributed by atoms with E-state index in [9.17, 15) is 0 Å². The van der Waals surface area contributed by atoms with Crippen molar-refractivity contribution in [1.29, 1.82) is 0 Å². The average Bonchev–Trinajstić information content (AvgIpc) is 2.19. The summed E-state index contributed by atoms with van der Waals surface area (Å²) < 4.78 is 0. The molecule has 0 saturated heterocycles. The van der Waals surface area contributed by atoms with Crippen LogP contribution in [-0.4, -0.2) is 0 Å². The molecule has 0 aromatic rings. The van der Waals surface area contributed by atoms with Crippen molar-refractivity contribution in [3.8, 4) is 0 Å². The van der Waals surface area contributed by atoms with Crippen molar-refractivity contribution in [2.45, 2.75) is 46.0 Å². The topological polar surface area (TPSA) is 0 Å². The highest BCUT2D eigenvalue weighted by molar-refractivity contribution is 5.24. The molecule has 0 spiro atoms. The molecule has 1 atom stereocenters. The fourth-order valence-electron chi connectivity index (χ4n) is 1.92. The van der Waals surface area contributed by atoms with Gasteiger partial charge in [0, 0.05) is 0 Å². The molecule has 1 aliphatic rings. The first kappa shape index (κ1) is 11.3. The highest BCUT2D eigenvalue weighted by Gasteiger charge is 2.10. The molecule has 0 fully saturated rings. The van der Waals surface area contributed by atoms with Crippen LogP contribution in [0.1, 0.15) is 46.0 Å². The Balaban J connectivity index is 2.37. The molecule has 0 unspecified atom stereocenters. The van der Waals surface area contributed by atoms with Crippen LogP contribution in [-0.2, 0) is 0 Å². The van der Waals surface area contributed by atoms with Crippen LogP contribution < -0.4 is 0 Å². The normalized spacial score (nSPS) is 18.4. The third-order valence-corrected chi connectivity index (χ3v) is 3.07. The highest BCUT2D eigenvalue weighted by Crippen LogP contribution is 2.27. The van der Waals surface area contributed by atoms with E-state index in [1.165, 1.54) is 31.3 Å². The Morgan fingerprint density at radius 3 is 2.79 bits per heavy atom. The molecule has 0 nitrogen and oxygen atoms in total. The van der Waals surface area contributed by atoms with Crippen LogP contribution in [0.25, 0.3) is 0 Å². The summed E-state index contributed by atoms with van der Waals surface area (Å²) in [6.07, 6.45) is 12.9. The fourth-order valence-corrected chi connectivity index (χ4v) is 1.92. The van der Waals surface area contributed by atoms with Gasteiger partial charge in [-0.2, -0.15) is 0 Å². The molecule has 1 rings (SSSR count). The van der Waals surface area contributed by atoms with Gasteiger partial charge in [-0.05, 0) is 44.9 Å².